The van der Waals surface area contributed by atoms with Crippen LogP contribution in [0.3, 0.4) is 0 Å². The first-order valence-corrected chi connectivity index (χ1v) is 5.60. The number of aliphatic hydroxyl groups excluding tert-OH is 1. The highest BCUT2D eigenvalue weighted by atomic mass is 16.3. The molecule has 0 aromatic heterocycles. The Bertz CT molecular complexity index is 219. The smallest absolute Gasteiger partial charge is 0.0587 e. The molecule has 1 aromatic carbocycles. The van der Waals surface area contributed by atoms with Crippen molar-refractivity contribution in [2.75, 3.05) is 13.7 Å². The molecule has 86 valence electrons. The van der Waals surface area contributed by atoms with Crippen LogP contribution >= 0.6 is 0 Å². The fourth-order valence-corrected chi connectivity index (χ4v) is 1.16. The van der Waals surface area contributed by atoms with E-state index in [1.54, 1.807) is 0 Å². The van der Waals surface area contributed by atoms with E-state index in [9.17, 15) is 0 Å². The lowest BCUT2D eigenvalue weighted by Crippen LogP contribution is -2.31. The molecule has 0 saturated carbocycles. The van der Waals surface area contributed by atoms with Gasteiger partial charge >= 0.3 is 0 Å². The Labute approximate surface area is 93.3 Å². The molecule has 0 fully saturated rings. The molecular weight excluding hydrogens is 186 g/mol. The van der Waals surface area contributed by atoms with Crippen molar-refractivity contribution >= 4 is 0 Å². The Morgan fingerprint density at radius 3 is 2.13 bits per heavy atom. The van der Waals surface area contributed by atoms with Gasteiger partial charge in [-0.25, -0.2) is 0 Å². The van der Waals surface area contributed by atoms with E-state index in [1.807, 2.05) is 25.2 Å². The molecule has 0 saturated heterocycles. The number of nitrogens with one attached hydrogen (secondary N) is 1. The van der Waals surface area contributed by atoms with E-state index in [2.05, 4.69) is 31.3 Å². The van der Waals surface area contributed by atoms with Crippen LogP contribution in [0.1, 0.15) is 25.8 Å². The molecular formula is C13H23NO. The molecule has 0 heterocycles. The molecule has 0 aliphatic rings. The minimum Gasteiger partial charge on any atom is -0.395 e. The summed E-state index contributed by atoms with van der Waals surface area (Å²) in [6, 6.07) is 10.3. The molecule has 1 unspecified atom stereocenters. The summed E-state index contributed by atoms with van der Waals surface area (Å²) in [6.07, 6.45) is 2.13. The minimum atomic E-state index is 0.174. The summed E-state index contributed by atoms with van der Waals surface area (Å²) < 4.78 is 0. The predicted molar refractivity (Wildman–Crippen MR) is 66.0 cm³/mol. The lowest BCUT2D eigenvalue weighted by molar-refractivity contribution is 0.248. The van der Waals surface area contributed by atoms with E-state index in [-0.39, 0.29) is 12.6 Å². The van der Waals surface area contributed by atoms with Gasteiger partial charge in [-0.2, -0.15) is 0 Å². The molecule has 1 atom stereocenters. The largest absolute Gasteiger partial charge is 0.395 e. The van der Waals surface area contributed by atoms with Crippen LogP contribution in [-0.4, -0.2) is 24.8 Å². The van der Waals surface area contributed by atoms with Gasteiger partial charge in [0.05, 0.1) is 6.61 Å². The third-order valence-corrected chi connectivity index (χ3v) is 1.95. The van der Waals surface area contributed by atoms with Gasteiger partial charge in [0.25, 0.3) is 0 Å². The highest BCUT2D eigenvalue weighted by Gasteiger charge is 2.03. The molecule has 0 aliphatic heterocycles. The summed E-state index contributed by atoms with van der Waals surface area (Å²) >= 11 is 0. The first-order valence-electron chi connectivity index (χ1n) is 5.60. The maximum Gasteiger partial charge on any atom is 0.0587 e. The van der Waals surface area contributed by atoms with Gasteiger partial charge in [-0.3, -0.25) is 0 Å². The van der Waals surface area contributed by atoms with Gasteiger partial charge in [0.2, 0.25) is 0 Å². The highest BCUT2D eigenvalue weighted by Crippen LogP contribution is 2.01. The van der Waals surface area contributed by atoms with Gasteiger partial charge in [0.1, 0.15) is 0 Å². The van der Waals surface area contributed by atoms with E-state index >= 15 is 0 Å². The zero-order chi connectivity index (χ0) is 11.5. The molecule has 0 radical (unpaired) electrons. The van der Waals surface area contributed by atoms with Crippen LogP contribution in [0.25, 0.3) is 0 Å². The van der Waals surface area contributed by atoms with Gasteiger partial charge in [0, 0.05) is 6.04 Å². The number of likely N-dealkylation sites (N-methyl/N-ethyl adjacent to an activating group) is 1. The molecule has 0 aliphatic carbocycles. The second-order valence-electron chi connectivity index (χ2n) is 3.57. The van der Waals surface area contributed by atoms with Crippen molar-refractivity contribution in [3.63, 3.8) is 0 Å². The summed E-state index contributed by atoms with van der Waals surface area (Å²) in [5.74, 6) is 0. The van der Waals surface area contributed by atoms with Crippen LogP contribution in [0.15, 0.2) is 30.3 Å². The number of hydrogen-bond donors (Lipinski definition) is 2. The van der Waals surface area contributed by atoms with Gasteiger partial charge in [0.15, 0.2) is 0 Å². The molecule has 1 rings (SSSR count). The van der Waals surface area contributed by atoms with Crippen molar-refractivity contribution in [2.24, 2.45) is 0 Å². The summed E-state index contributed by atoms with van der Waals surface area (Å²) in [7, 11) is 1.86. The van der Waals surface area contributed by atoms with Crippen LogP contribution in [0, 0.1) is 0 Å². The monoisotopic (exact) mass is 209 g/mol. The first kappa shape index (κ1) is 14.1. The third kappa shape index (κ3) is 7.11. The summed E-state index contributed by atoms with van der Waals surface area (Å²) in [5, 5.41) is 12.0. The maximum atomic E-state index is 8.92. The van der Waals surface area contributed by atoms with Crippen molar-refractivity contribution in [1.82, 2.24) is 5.32 Å². The first-order chi connectivity index (χ1) is 7.28. The lowest BCUT2D eigenvalue weighted by Gasteiger charge is -2.12. The van der Waals surface area contributed by atoms with Crippen LogP contribution in [0.4, 0.5) is 0 Å². The Hall–Kier alpha value is -0.860. The molecule has 2 heteroatoms. The number of aliphatic hydroxyl groups is 1. The fourth-order valence-electron chi connectivity index (χ4n) is 1.16. The number of hydrogen-bond acceptors (Lipinski definition) is 2. The standard InChI is InChI=1S/C10H15NO.C3H8/c1-11-10(8-12)7-9-5-3-2-4-6-9;1-3-2/h2-6,10-12H,7-8H2,1H3;3H2,1-2H3. The molecule has 2 nitrogen and oxygen atoms in total. The zero-order valence-corrected chi connectivity index (χ0v) is 10.0. The Kier molecular flexibility index (Phi) is 9.13. The van der Waals surface area contributed by atoms with Crippen molar-refractivity contribution in [3.05, 3.63) is 35.9 Å². The third-order valence-electron chi connectivity index (χ3n) is 1.95. The van der Waals surface area contributed by atoms with Gasteiger partial charge < -0.3 is 10.4 Å². The van der Waals surface area contributed by atoms with E-state index < -0.39 is 0 Å². The van der Waals surface area contributed by atoms with Gasteiger partial charge in [-0.15, -0.1) is 0 Å². The van der Waals surface area contributed by atoms with Crippen LogP contribution in [-0.2, 0) is 6.42 Å². The van der Waals surface area contributed by atoms with E-state index in [0.717, 1.165) is 6.42 Å². The van der Waals surface area contributed by atoms with Crippen molar-refractivity contribution in [3.8, 4) is 0 Å². The summed E-state index contributed by atoms with van der Waals surface area (Å²) in [4.78, 5) is 0. The Balaban J connectivity index is 0.000000583. The number of rotatable bonds is 4. The van der Waals surface area contributed by atoms with Crippen LogP contribution in [0.5, 0.6) is 0 Å². The molecule has 0 spiro atoms. The normalized spacial score (nSPS) is 11.5. The quantitative estimate of drug-likeness (QED) is 0.797. The predicted octanol–water partition coefficient (Wildman–Crippen LogP) is 2.23. The SMILES string of the molecule is CCC.CNC(CO)Cc1ccccc1. The van der Waals surface area contributed by atoms with Crippen molar-refractivity contribution in [1.29, 1.82) is 0 Å². The second kappa shape index (κ2) is 9.69. The summed E-state index contributed by atoms with van der Waals surface area (Å²) in [5.41, 5.74) is 1.26. The molecule has 0 amide bonds. The molecule has 1 aromatic rings. The molecule has 2 N–H and O–H groups in total. The average molecular weight is 209 g/mol. The van der Waals surface area contributed by atoms with Crippen molar-refractivity contribution < 1.29 is 5.11 Å². The molecule has 0 bridgehead atoms. The molecule has 15 heavy (non-hydrogen) atoms. The topological polar surface area (TPSA) is 32.3 Å². The van der Waals surface area contributed by atoms with E-state index in [1.165, 1.54) is 12.0 Å². The van der Waals surface area contributed by atoms with Crippen LogP contribution < -0.4 is 5.32 Å². The van der Waals surface area contributed by atoms with Crippen molar-refractivity contribution in [2.45, 2.75) is 32.7 Å². The maximum absolute atomic E-state index is 8.92. The fraction of sp³-hybridized carbons (Fsp3) is 0.538. The highest BCUT2D eigenvalue weighted by molar-refractivity contribution is 5.15. The van der Waals surface area contributed by atoms with Crippen LogP contribution in [0.2, 0.25) is 0 Å². The van der Waals surface area contributed by atoms with E-state index in [0.29, 0.717) is 0 Å². The van der Waals surface area contributed by atoms with Gasteiger partial charge in [-0.1, -0.05) is 50.6 Å². The van der Waals surface area contributed by atoms with E-state index in [4.69, 9.17) is 5.11 Å². The second-order valence-corrected chi connectivity index (χ2v) is 3.57. The lowest BCUT2D eigenvalue weighted by atomic mass is 10.1. The zero-order valence-electron chi connectivity index (χ0n) is 10.0. The Morgan fingerprint density at radius 2 is 1.73 bits per heavy atom. The van der Waals surface area contributed by atoms with Gasteiger partial charge in [-0.05, 0) is 19.0 Å². The minimum absolute atomic E-state index is 0.174. The average Bonchev–Trinajstić information content (AvgIpc) is 2.28. The number of benzene rings is 1. The summed E-state index contributed by atoms with van der Waals surface area (Å²) in [6.45, 7) is 4.44. The Morgan fingerprint density at radius 1 is 1.20 bits per heavy atom.